The monoisotopic (exact) mass is 318 g/mol. The molecule has 114 valence electrons. The van der Waals surface area contributed by atoms with Crippen molar-refractivity contribution >= 4 is 21.5 Å². The molecule has 20 heavy (non-hydrogen) atoms. The minimum Gasteiger partial charge on any atom is -0.330 e. The van der Waals surface area contributed by atoms with E-state index in [9.17, 15) is 8.42 Å². The molecule has 0 radical (unpaired) electrons. The molecular formula is C12H22N4O2S2. The number of nitrogens with one attached hydrogen (secondary N) is 1. The van der Waals surface area contributed by atoms with Crippen LogP contribution in [0.2, 0.25) is 0 Å². The molecular weight excluding hydrogens is 296 g/mol. The van der Waals surface area contributed by atoms with Gasteiger partial charge in [0.1, 0.15) is 5.01 Å². The number of hydrogen-bond acceptors (Lipinski definition) is 5. The topological polar surface area (TPSA) is 88.3 Å². The second kappa shape index (κ2) is 6.07. The predicted octanol–water partition coefficient (Wildman–Crippen LogP) is 0.883. The van der Waals surface area contributed by atoms with Crippen LogP contribution in [0.15, 0.2) is 11.6 Å². The van der Waals surface area contributed by atoms with Gasteiger partial charge in [-0.1, -0.05) is 0 Å². The van der Waals surface area contributed by atoms with Crippen LogP contribution >= 0.6 is 11.3 Å². The van der Waals surface area contributed by atoms with Crippen LogP contribution in [-0.4, -0.2) is 37.3 Å². The van der Waals surface area contributed by atoms with Gasteiger partial charge in [-0.05, 0) is 39.2 Å². The highest BCUT2D eigenvalue weighted by molar-refractivity contribution is 7.87. The Labute approximate surface area is 124 Å². The molecule has 0 aromatic carbocycles. The van der Waals surface area contributed by atoms with Crippen molar-refractivity contribution < 1.29 is 8.42 Å². The maximum absolute atomic E-state index is 12.5. The number of thiazole rings is 1. The molecule has 2 rings (SSSR count). The van der Waals surface area contributed by atoms with Gasteiger partial charge in [0.15, 0.2) is 0 Å². The van der Waals surface area contributed by atoms with E-state index >= 15 is 0 Å². The first kappa shape index (κ1) is 15.8. The zero-order valence-corrected chi connectivity index (χ0v) is 13.5. The van der Waals surface area contributed by atoms with E-state index in [2.05, 4.69) is 9.71 Å². The second-order valence-electron chi connectivity index (χ2n) is 5.65. The van der Waals surface area contributed by atoms with Crippen molar-refractivity contribution in [1.82, 2.24) is 14.0 Å². The molecule has 1 aliphatic rings. The second-order valence-corrected chi connectivity index (χ2v) is 8.21. The van der Waals surface area contributed by atoms with E-state index in [-0.39, 0.29) is 0 Å². The van der Waals surface area contributed by atoms with Gasteiger partial charge in [0.25, 0.3) is 10.2 Å². The van der Waals surface area contributed by atoms with E-state index < -0.39 is 15.7 Å². The van der Waals surface area contributed by atoms with Crippen LogP contribution in [0.3, 0.4) is 0 Å². The first-order valence-corrected chi connectivity index (χ1v) is 9.06. The fourth-order valence-corrected chi connectivity index (χ4v) is 4.69. The van der Waals surface area contributed by atoms with Crippen LogP contribution in [0, 0.1) is 5.92 Å². The molecule has 0 atom stereocenters. The summed E-state index contributed by atoms with van der Waals surface area (Å²) in [6.45, 7) is 5.36. The molecule has 0 unspecified atom stereocenters. The summed E-state index contributed by atoms with van der Waals surface area (Å²) in [4.78, 5) is 4.20. The molecule has 1 aromatic rings. The fourth-order valence-electron chi connectivity index (χ4n) is 2.35. The average molecular weight is 318 g/mol. The highest BCUT2D eigenvalue weighted by Crippen LogP contribution is 2.25. The number of rotatable bonds is 5. The lowest BCUT2D eigenvalue weighted by atomic mass is 9.99. The quantitative estimate of drug-likeness (QED) is 0.843. The smallest absolute Gasteiger partial charge is 0.280 e. The van der Waals surface area contributed by atoms with Gasteiger partial charge in [0, 0.05) is 24.7 Å². The largest absolute Gasteiger partial charge is 0.330 e. The van der Waals surface area contributed by atoms with Crippen LogP contribution in [0.4, 0.5) is 0 Å². The Kier molecular flexibility index (Phi) is 4.80. The lowest BCUT2D eigenvalue weighted by Crippen LogP contribution is -2.51. The number of nitrogens with two attached hydrogens (primary N) is 1. The van der Waals surface area contributed by atoms with Gasteiger partial charge in [-0.25, -0.2) is 4.98 Å². The summed E-state index contributed by atoms with van der Waals surface area (Å²) in [7, 11) is -3.49. The van der Waals surface area contributed by atoms with Gasteiger partial charge >= 0.3 is 0 Å². The summed E-state index contributed by atoms with van der Waals surface area (Å²) in [6, 6.07) is 0. The Morgan fingerprint density at radius 2 is 2.15 bits per heavy atom. The Morgan fingerprint density at radius 1 is 1.50 bits per heavy atom. The van der Waals surface area contributed by atoms with Crippen molar-refractivity contribution in [1.29, 1.82) is 0 Å². The molecule has 3 N–H and O–H groups in total. The van der Waals surface area contributed by atoms with E-state index in [0.717, 1.165) is 17.8 Å². The Balaban J connectivity index is 2.05. The minimum atomic E-state index is -3.49. The summed E-state index contributed by atoms with van der Waals surface area (Å²) in [6.07, 6.45) is 3.34. The van der Waals surface area contributed by atoms with Gasteiger partial charge in [0.2, 0.25) is 0 Å². The number of hydrogen-bond donors (Lipinski definition) is 2. The lowest BCUT2D eigenvalue weighted by molar-refractivity contribution is 0.271. The van der Waals surface area contributed by atoms with Crippen molar-refractivity contribution in [3.05, 3.63) is 16.6 Å². The highest BCUT2D eigenvalue weighted by Gasteiger charge is 2.34. The average Bonchev–Trinajstić information content (AvgIpc) is 2.92. The molecule has 0 aliphatic carbocycles. The normalized spacial score (nSPS) is 19.4. The summed E-state index contributed by atoms with van der Waals surface area (Å²) in [5, 5.41) is 2.61. The lowest BCUT2D eigenvalue weighted by Gasteiger charge is -2.33. The summed E-state index contributed by atoms with van der Waals surface area (Å²) in [5.41, 5.74) is 4.94. The molecule has 0 spiro atoms. The van der Waals surface area contributed by atoms with Crippen LogP contribution in [-0.2, 0) is 15.7 Å². The fraction of sp³-hybridized carbons (Fsp3) is 0.750. The van der Waals surface area contributed by atoms with Gasteiger partial charge in [-0.2, -0.15) is 17.4 Å². The molecule has 1 fully saturated rings. The summed E-state index contributed by atoms with van der Waals surface area (Å²) in [5.74, 6) is 0.438. The molecule has 6 nitrogen and oxygen atoms in total. The highest BCUT2D eigenvalue weighted by atomic mass is 32.2. The molecule has 0 saturated carbocycles. The van der Waals surface area contributed by atoms with Gasteiger partial charge in [-0.15, -0.1) is 11.3 Å². The number of piperidine rings is 1. The first-order valence-electron chi connectivity index (χ1n) is 6.74. The third kappa shape index (κ3) is 3.56. The van der Waals surface area contributed by atoms with E-state index in [4.69, 9.17) is 5.73 Å². The van der Waals surface area contributed by atoms with Crippen LogP contribution in [0.1, 0.15) is 31.7 Å². The van der Waals surface area contributed by atoms with Gasteiger partial charge < -0.3 is 5.73 Å². The van der Waals surface area contributed by atoms with Crippen molar-refractivity contribution in [2.75, 3.05) is 19.6 Å². The minimum absolute atomic E-state index is 0.438. The van der Waals surface area contributed by atoms with Crippen molar-refractivity contribution in [3.8, 4) is 0 Å². The third-order valence-corrected chi connectivity index (χ3v) is 6.51. The Morgan fingerprint density at radius 3 is 2.65 bits per heavy atom. The molecule has 0 bridgehead atoms. The van der Waals surface area contributed by atoms with E-state index in [1.807, 2.05) is 19.2 Å². The van der Waals surface area contributed by atoms with Crippen LogP contribution in [0.5, 0.6) is 0 Å². The summed E-state index contributed by atoms with van der Waals surface area (Å²) < 4.78 is 29.2. The van der Waals surface area contributed by atoms with E-state index in [1.165, 1.54) is 15.6 Å². The van der Waals surface area contributed by atoms with E-state index in [0.29, 0.717) is 25.6 Å². The maximum Gasteiger partial charge on any atom is 0.280 e. The first-order chi connectivity index (χ1) is 9.35. The Bertz CT molecular complexity index is 520. The zero-order chi connectivity index (χ0) is 14.8. The van der Waals surface area contributed by atoms with Gasteiger partial charge in [-0.3, -0.25) is 0 Å². The van der Waals surface area contributed by atoms with E-state index in [1.54, 1.807) is 6.20 Å². The van der Waals surface area contributed by atoms with Crippen molar-refractivity contribution in [2.24, 2.45) is 11.7 Å². The predicted molar refractivity (Wildman–Crippen MR) is 80.5 cm³/mol. The Hall–Kier alpha value is -0.540. The molecule has 1 aromatic heterocycles. The standard InChI is InChI=1S/C12H22N4O2S2/c1-12(2,11-14-5-8-19-11)15-20(17,18)16-6-3-10(9-13)4-7-16/h5,8,10,15H,3-4,6-7,9,13H2,1-2H3. The zero-order valence-electron chi connectivity index (χ0n) is 11.9. The molecule has 0 amide bonds. The third-order valence-electron chi connectivity index (χ3n) is 3.60. The molecule has 1 aliphatic heterocycles. The SMILES string of the molecule is CC(C)(NS(=O)(=O)N1CCC(CN)CC1)c1nccs1. The number of aromatic nitrogens is 1. The van der Waals surface area contributed by atoms with Crippen molar-refractivity contribution in [3.63, 3.8) is 0 Å². The van der Waals surface area contributed by atoms with Crippen molar-refractivity contribution in [2.45, 2.75) is 32.2 Å². The number of nitrogens with zero attached hydrogens (tertiary/aromatic N) is 2. The summed E-state index contributed by atoms with van der Waals surface area (Å²) >= 11 is 1.45. The van der Waals surface area contributed by atoms with Gasteiger partial charge in [0.05, 0.1) is 5.54 Å². The van der Waals surface area contributed by atoms with Crippen LogP contribution in [0.25, 0.3) is 0 Å². The maximum atomic E-state index is 12.5. The molecule has 1 saturated heterocycles. The molecule has 2 heterocycles. The van der Waals surface area contributed by atoms with Crippen LogP contribution < -0.4 is 10.5 Å². The molecule has 8 heteroatoms.